The van der Waals surface area contributed by atoms with Crippen molar-refractivity contribution in [3.63, 3.8) is 0 Å². The van der Waals surface area contributed by atoms with Gasteiger partial charge in [0.05, 0.1) is 6.67 Å². The summed E-state index contributed by atoms with van der Waals surface area (Å²) in [5.74, 6) is 0.822. The highest BCUT2D eigenvalue weighted by Crippen LogP contribution is 2.48. The minimum atomic E-state index is 0.439. The first-order valence-corrected chi connectivity index (χ1v) is 9.62. The predicted molar refractivity (Wildman–Crippen MR) is 98.5 cm³/mol. The normalized spacial score (nSPS) is 42.7. The third-order valence-electron chi connectivity index (χ3n) is 6.33. The lowest BCUT2D eigenvalue weighted by Crippen LogP contribution is -2.78. The Morgan fingerprint density at radius 2 is 1.65 bits per heavy atom. The molecule has 4 saturated heterocycles. The molecular weight excluding hydrogens is 282 g/mol. The summed E-state index contributed by atoms with van der Waals surface area (Å²) in [4.78, 5) is 5.35. The van der Waals surface area contributed by atoms with Crippen LogP contribution in [0.1, 0.15) is 53.9 Å². The molecule has 1 unspecified atom stereocenters. The fourth-order valence-corrected chi connectivity index (χ4v) is 5.71. The molecule has 4 fully saturated rings. The van der Waals surface area contributed by atoms with Gasteiger partial charge in [-0.1, -0.05) is 32.4 Å². The monoisotopic (exact) mass is 319 g/mol. The number of hydrogen-bond acceptors (Lipinski definition) is 3. The molecule has 0 amide bonds. The van der Waals surface area contributed by atoms with E-state index in [4.69, 9.17) is 0 Å². The Bertz CT molecular complexity index is 416. The molecule has 0 saturated carbocycles. The summed E-state index contributed by atoms with van der Waals surface area (Å²) < 4.78 is 0. The molecule has 4 rings (SSSR count). The van der Waals surface area contributed by atoms with Gasteiger partial charge in [-0.05, 0) is 45.6 Å². The highest BCUT2D eigenvalue weighted by molar-refractivity contribution is 5.13. The summed E-state index contributed by atoms with van der Waals surface area (Å²) in [7, 11) is 0. The van der Waals surface area contributed by atoms with Gasteiger partial charge >= 0.3 is 0 Å². The van der Waals surface area contributed by atoms with E-state index in [-0.39, 0.29) is 0 Å². The van der Waals surface area contributed by atoms with Crippen LogP contribution in [0.4, 0.5) is 0 Å². The van der Waals surface area contributed by atoms with E-state index in [0.29, 0.717) is 16.9 Å². The smallest absolute Gasteiger partial charge is 0.0507 e. The van der Waals surface area contributed by atoms with Gasteiger partial charge in [0.25, 0.3) is 0 Å². The van der Waals surface area contributed by atoms with E-state index in [9.17, 15) is 0 Å². The first-order chi connectivity index (χ1) is 10.8. The molecular formula is C20H37N3. The molecule has 0 spiro atoms. The number of allylic oxidation sites excluding steroid dienone is 2. The van der Waals surface area contributed by atoms with Gasteiger partial charge in [0.2, 0.25) is 0 Å². The van der Waals surface area contributed by atoms with Gasteiger partial charge in [0.1, 0.15) is 0 Å². The van der Waals surface area contributed by atoms with Crippen molar-refractivity contribution in [2.75, 3.05) is 39.4 Å². The largest absolute Gasteiger partial charge is 0.313 e. The van der Waals surface area contributed by atoms with Gasteiger partial charge in [-0.25, -0.2) is 0 Å². The Kier molecular flexibility index (Phi) is 4.93. The van der Waals surface area contributed by atoms with Crippen LogP contribution in [0.3, 0.4) is 0 Å². The van der Waals surface area contributed by atoms with E-state index in [0.717, 1.165) is 5.92 Å². The number of rotatable bonds is 7. The minimum absolute atomic E-state index is 0.439. The Morgan fingerprint density at radius 1 is 1.09 bits per heavy atom. The Balaban J connectivity index is 1.49. The maximum Gasteiger partial charge on any atom is 0.0507 e. The SMILES string of the molecule is CC(C)=CCCC(C)CCNC1C2(C)CN3CN(C2)CC1(C)C3. The molecule has 4 heterocycles. The molecule has 23 heavy (non-hydrogen) atoms. The van der Waals surface area contributed by atoms with E-state index in [1.54, 1.807) is 0 Å². The third-order valence-corrected chi connectivity index (χ3v) is 6.33. The van der Waals surface area contributed by atoms with Crippen LogP contribution in [-0.4, -0.2) is 55.2 Å². The van der Waals surface area contributed by atoms with Gasteiger partial charge in [-0.15, -0.1) is 0 Å². The molecule has 1 N–H and O–H groups in total. The average Bonchev–Trinajstić information content (AvgIpc) is 2.39. The van der Waals surface area contributed by atoms with Gasteiger partial charge in [-0.3, -0.25) is 9.80 Å². The van der Waals surface area contributed by atoms with Crippen molar-refractivity contribution in [3.05, 3.63) is 11.6 Å². The summed E-state index contributed by atoms with van der Waals surface area (Å²) in [6, 6.07) is 0.688. The fourth-order valence-electron chi connectivity index (χ4n) is 5.71. The van der Waals surface area contributed by atoms with Crippen molar-refractivity contribution in [2.45, 2.75) is 59.9 Å². The average molecular weight is 320 g/mol. The molecule has 1 atom stereocenters. The minimum Gasteiger partial charge on any atom is -0.313 e. The van der Waals surface area contributed by atoms with Crippen molar-refractivity contribution in [3.8, 4) is 0 Å². The van der Waals surface area contributed by atoms with Crippen LogP contribution in [0, 0.1) is 16.7 Å². The Hall–Kier alpha value is -0.380. The zero-order valence-electron chi connectivity index (χ0n) is 16.0. The van der Waals surface area contributed by atoms with Crippen LogP contribution in [-0.2, 0) is 0 Å². The topological polar surface area (TPSA) is 18.5 Å². The second-order valence-corrected chi connectivity index (χ2v) is 9.56. The molecule has 0 aromatic heterocycles. The van der Waals surface area contributed by atoms with Gasteiger partial charge < -0.3 is 5.32 Å². The van der Waals surface area contributed by atoms with Crippen LogP contribution in [0.5, 0.6) is 0 Å². The van der Waals surface area contributed by atoms with E-state index < -0.39 is 0 Å². The van der Waals surface area contributed by atoms with E-state index >= 15 is 0 Å². The van der Waals surface area contributed by atoms with Crippen LogP contribution < -0.4 is 5.32 Å². The quantitative estimate of drug-likeness (QED) is 0.726. The highest BCUT2D eigenvalue weighted by Gasteiger charge is 2.58. The number of nitrogens with zero attached hydrogens (tertiary/aromatic N) is 2. The Labute approximate surface area is 143 Å². The summed E-state index contributed by atoms with van der Waals surface area (Å²) in [6.45, 7) is 19.4. The van der Waals surface area contributed by atoms with Gasteiger partial charge in [0.15, 0.2) is 0 Å². The highest BCUT2D eigenvalue weighted by atomic mass is 15.4. The standard InChI is InChI=1S/C20H37N3/c1-16(2)7-6-8-17(3)9-10-21-18-19(4)11-22-13-20(18,5)14-23(12-19)15-22/h7,17-18,21H,6,8-15H2,1-5H3. The van der Waals surface area contributed by atoms with Crippen LogP contribution in [0.15, 0.2) is 11.6 Å². The molecule has 4 aliphatic rings. The number of nitrogens with one attached hydrogen (secondary N) is 1. The third kappa shape index (κ3) is 3.67. The molecule has 4 bridgehead atoms. The second-order valence-electron chi connectivity index (χ2n) is 9.56. The van der Waals surface area contributed by atoms with E-state index in [2.05, 4.69) is 55.8 Å². The maximum absolute atomic E-state index is 4.01. The molecule has 0 radical (unpaired) electrons. The van der Waals surface area contributed by atoms with Gasteiger partial charge in [-0.2, -0.15) is 0 Å². The summed E-state index contributed by atoms with van der Waals surface area (Å²) in [6.07, 6.45) is 6.26. The molecule has 0 aromatic rings. The predicted octanol–water partition coefficient (Wildman–Crippen LogP) is 3.33. The van der Waals surface area contributed by atoms with Crippen LogP contribution in [0.25, 0.3) is 0 Å². The lowest BCUT2D eigenvalue weighted by atomic mass is 9.60. The molecule has 0 aromatic carbocycles. The summed E-state index contributed by atoms with van der Waals surface area (Å²) >= 11 is 0. The molecule has 3 nitrogen and oxygen atoms in total. The van der Waals surface area contributed by atoms with E-state index in [1.807, 2.05) is 0 Å². The molecule has 3 heteroatoms. The first-order valence-electron chi connectivity index (χ1n) is 9.62. The molecule has 0 aliphatic carbocycles. The number of piperidine rings is 2. The zero-order valence-corrected chi connectivity index (χ0v) is 16.0. The summed E-state index contributed by atoms with van der Waals surface area (Å²) in [5, 5.41) is 4.01. The molecule has 132 valence electrons. The van der Waals surface area contributed by atoms with Crippen LogP contribution in [0.2, 0.25) is 0 Å². The number of hydrogen-bond donors (Lipinski definition) is 1. The molecule has 4 aliphatic heterocycles. The lowest BCUT2D eigenvalue weighted by molar-refractivity contribution is -0.175. The fraction of sp³-hybridized carbons (Fsp3) is 0.900. The van der Waals surface area contributed by atoms with Crippen molar-refractivity contribution < 1.29 is 0 Å². The van der Waals surface area contributed by atoms with Crippen molar-refractivity contribution in [1.82, 2.24) is 15.1 Å². The van der Waals surface area contributed by atoms with Crippen molar-refractivity contribution in [1.29, 1.82) is 0 Å². The van der Waals surface area contributed by atoms with Crippen molar-refractivity contribution >= 4 is 0 Å². The summed E-state index contributed by atoms with van der Waals surface area (Å²) in [5.41, 5.74) is 2.33. The first kappa shape index (κ1) is 17.4. The van der Waals surface area contributed by atoms with E-state index in [1.165, 1.54) is 64.2 Å². The second kappa shape index (κ2) is 6.50. The maximum atomic E-state index is 4.01. The van der Waals surface area contributed by atoms with Crippen molar-refractivity contribution in [2.24, 2.45) is 16.7 Å². The lowest BCUT2D eigenvalue weighted by Gasteiger charge is -2.67. The van der Waals surface area contributed by atoms with Gasteiger partial charge in [0, 0.05) is 43.1 Å². The van der Waals surface area contributed by atoms with Crippen LogP contribution >= 0.6 is 0 Å². The Morgan fingerprint density at radius 3 is 2.17 bits per heavy atom. The zero-order chi connectivity index (χ0) is 16.7.